The van der Waals surface area contributed by atoms with Crippen LogP contribution in [0.1, 0.15) is 51.0 Å². The van der Waals surface area contributed by atoms with Crippen LogP contribution in [0.25, 0.3) is 0 Å². The predicted octanol–water partition coefficient (Wildman–Crippen LogP) is 1.74. The molecule has 2 aliphatic rings. The van der Waals surface area contributed by atoms with Crippen molar-refractivity contribution in [3.05, 3.63) is 18.0 Å². The van der Waals surface area contributed by atoms with Gasteiger partial charge in [0.25, 0.3) is 0 Å². The minimum absolute atomic E-state index is 0.291. The Balaban J connectivity index is 1.90. The molecule has 1 aromatic rings. The summed E-state index contributed by atoms with van der Waals surface area (Å²) in [4.78, 5) is 16.2. The number of hydrogen-bond acceptors (Lipinski definition) is 6. The summed E-state index contributed by atoms with van der Waals surface area (Å²) in [6.45, 7) is 8.03. The molecule has 1 saturated heterocycles. The van der Waals surface area contributed by atoms with Crippen molar-refractivity contribution in [3.8, 4) is 0 Å². The van der Waals surface area contributed by atoms with Crippen molar-refractivity contribution in [2.24, 2.45) is 0 Å². The molecule has 3 rings (SSSR count). The second-order valence-corrected chi connectivity index (χ2v) is 7.16. The molecule has 0 bridgehead atoms. The molecule has 0 unspecified atom stereocenters. The first-order valence-corrected chi connectivity index (χ1v) is 7.94. The molecule has 23 heavy (non-hydrogen) atoms. The maximum absolute atomic E-state index is 11.9. The lowest BCUT2D eigenvalue weighted by Crippen LogP contribution is -2.41. The first kappa shape index (κ1) is 16.3. The number of carbonyl (C=O) groups excluding carboxylic acids is 1. The molecule has 7 heteroatoms. The van der Waals surface area contributed by atoms with Gasteiger partial charge in [-0.25, -0.2) is 9.78 Å². The second-order valence-electron chi connectivity index (χ2n) is 7.16. The van der Waals surface area contributed by atoms with Crippen molar-refractivity contribution in [1.29, 1.82) is 0 Å². The molecule has 6 nitrogen and oxygen atoms in total. The molecule has 0 aromatic carbocycles. The predicted molar refractivity (Wildman–Crippen MR) is 87.9 cm³/mol. The molecular weight excluding hydrogens is 295 g/mol. The van der Waals surface area contributed by atoms with Crippen LogP contribution in [0.3, 0.4) is 0 Å². The normalized spacial score (nSPS) is 22.0. The smallest absolute Gasteiger partial charge is 0.464 e. The number of ether oxygens (including phenoxy) is 1. The van der Waals surface area contributed by atoms with Crippen molar-refractivity contribution in [1.82, 2.24) is 4.98 Å². The van der Waals surface area contributed by atoms with Crippen LogP contribution in [-0.4, -0.2) is 42.4 Å². The summed E-state index contributed by atoms with van der Waals surface area (Å²) < 4.78 is 16.9. The maximum atomic E-state index is 11.9. The fraction of sp³-hybridized carbons (Fsp3) is 0.625. The van der Waals surface area contributed by atoms with Gasteiger partial charge in [-0.1, -0.05) is 0 Å². The number of nitrogens with zero attached hydrogens (tertiary/aromatic N) is 1. The Hall–Kier alpha value is -1.60. The molecule has 1 N–H and O–H groups in total. The van der Waals surface area contributed by atoms with Gasteiger partial charge in [0.05, 0.1) is 24.0 Å². The monoisotopic (exact) mass is 318 g/mol. The van der Waals surface area contributed by atoms with Crippen LogP contribution in [0.2, 0.25) is 0 Å². The summed E-state index contributed by atoms with van der Waals surface area (Å²) in [5, 5.41) is 3.33. The SMILES string of the molecule is COC(=O)c1ncc(B2OC(C)(C)C(C)(C)O2)cc1NC1CC1. The summed E-state index contributed by atoms with van der Waals surface area (Å²) in [6.07, 6.45) is 3.81. The molecule has 2 fully saturated rings. The summed E-state index contributed by atoms with van der Waals surface area (Å²) in [5.74, 6) is -0.450. The van der Waals surface area contributed by atoms with E-state index >= 15 is 0 Å². The molecule has 0 atom stereocenters. The average molecular weight is 318 g/mol. The van der Waals surface area contributed by atoms with Crippen LogP contribution in [-0.2, 0) is 14.0 Å². The summed E-state index contributed by atoms with van der Waals surface area (Å²) in [7, 11) is 0.853. The highest BCUT2D eigenvalue weighted by Gasteiger charge is 2.52. The van der Waals surface area contributed by atoms with Crippen LogP contribution in [0, 0.1) is 0 Å². The number of nitrogens with one attached hydrogen (secondary N) is 1. The van der Waals surface area contributed by atoms with Gasteiger partial charge in [0.2, 0.25) is 0 Å². The fourth-order valence-corrected chi connectivity index (χ4v) is 2.41. The Morgan fingerprint density at radius 3 is 2.43 bits per heavy atom. The molecule has 0 amide bonds. The van der Waals surface area contributed by atoms with E-state index in [2.05, 4.69) is 10.3 Å². The standard InChI is InChI=1S/C16H23BN2O4/c1-15(2)16(3,4)23-17(22-15)10-8-12(19-11-6-7-11)13(18-9-10)14(20)21-5/h8-9,11,19H,6-7H2,1-5H3. The highest BCUT2D eigenvalue weighted by molar-refractivity contribution is 6.62. The van der Waals surface area contributed by atoms with E-state index in [1.54, 1.807) is 6.20 Å². The molecule has 1 aliphatic carbocycles. The van der Waals surface area contributed by atoms with Crippen LogP contribution in [0.15, 0.2) is 12.3 Å². The number of aromatic nitrogens is 1. The Bertz CT molecular complexity index is 613. The zero-order valence-corrected chi connectivity index (χ0v) is 14.3. The van der Waals surface area contributed by atoms with E-state index in [-0.39, 0.29) is 0 Å². The number of methoxy groups -OCH3 is 1. The van der Waals surface area contributed by atoms with Gasteiger partial charge < -0.3 is 19.4 Å². The zero-order valence-electron chi connectivity index (χ0n) is 14.3. The summed E-state index contributed by atoms with van der Waals surface area (Å²) in [5.41, 5.74) is 0.927. The number of anilines is 1. The third-order valence-electron chi connectivity index (χ3n) is 4.75. The molecule has 1 saturated carbocycles. The van der Waals surface area contributed by atoms with Crippen LogP contribution in [0.5, 0.6) is 0 Å². The van der Waals surface area contributed by atoms with E-state index in [0.717, 1.165) is 18.3 Å². The lowest BCUT2D eigenvalue weighted by Gasteiger charge is -2.32. The topological polar surface area (TPSA) is 69.7 Å². The summed E-state index contributed by atoms with van der Waals surface area (Å²) in [6, 6.07) is 2.27. The number of rotatable bonds is 4. The van der Waals surface area contributed by atoms with Crippen LogP contribution >= 0.6 is 0 Å². The van der Waals surface area contributed by atoms with Gasteiger partial charge in [0.15, 0.2) is 5.69 Å². The quantitative estimate of drug-likeness (QED) is 0.674. The third-order valence-corrected chi connectivity index (χ3v) is 4.75. The Kier molecular flexibility index (Phi) is 3.88. The van der Waals surface area contributed by atoms with E-state index in [1.165, 1.54) is 7.11 Å². The van der Waals surface area contributed by atoms with E-state index < -0.39 is 24.3 Å². The number of carbonyl (C=O) groups is 1. The molecule has 1 aromatic heterocycles. The van der Waals surface area contributed by atoms with Gasteiger partial charge in [-0.05, 0) is 46.6 Å². The van der Waals surface area contributed by atoms with E-state index in [0.29, 0.717) is 17.4 Å². The van der Waals surface area contributed by atoms with Crippen molar-refractivity contribution >= 4 is 24.2 Å². The zero-order chi connectivity index (χ0) is 16.8. The molecule has 124 valence electrons. The van der Waals surface area contributed by atoms with Gasteiger partial charge in [-0.3, -0.25) is 0 Å². The highest BCUT2D eigenvalue weighted by atomic mass is 16.7. The van der Waals surface area contributed by atoms with Gasteiger partial charge in [-0.2, -0.15) is 0 Å². The summed E-state index contributed by atoms with van der Waals surface area (Å²) >= 11 is 0. The van der Waals surface area contributed by atoms with E-state index in [4.69, 9.17) is 14.0 Å². The molecular formula is C16H23BN2O4. The van der Waals surface area contributed by atoms with Gasteiger partial charge >= 0.3 is 13.1 Å². The lowest BCUT2D eigenvalue weighted by molar-refractivity contribution is 0.00578. The Morgan fingerprint density at radius 1 is 1.30 bits per heavy atom. The van der Waals surface area contributed by atoms with Crippen molar-refractivity contribution < 1.29 is 18.8 Å². The molecule has 0 spiro atoms. The molecule has 2 heterocycles. The van der Waals surface area contributed by atoms with Gasteiger partial charge in [0.1, 0.15) is 0 Å². The first-order chi connectivity index (χ1) is 10.7. The molecule has 0 radical (unpaired) electrons. The number of pyridine rings is 1. The van der Waals surface area contributed by atoms with E-state index in [1.807, 2.05) is 33.8 Å². The van der Waals surface area contributed by atoms with E-state index in [9.17, 15) is 4.79 Å². The van der Waals surface area contributed by atoms with Crippen molar-refractivity contribution in [3.63, 3.8) is 0 Å². The van der Waals surface area contributed by atoms with Crippen molar-refractivity contribution in [2.45, 2.75) is 57.8 Å². The fourth-order valence-electron chi connectivity index (χ4n) is 2.41. The molecule has 1 aliphatic heterocycles. The largest absolute Gasteiger partial charge is 0.496 e. The average Bonchev–Trinajstić information content (AvgIpc) is 3.25. The number of hydrogen-bond donors (Lipinski definition) is 1. The maximum Gasteiger partial charge on any atom is 0.496 e. The van der Waals surface area contributed by atoms with Crippen molar-refractivity contribution in [2.75, 3.05) is 12.4 Å². The Labute approximate surface area is 137 Å². The minimum atomic E-state index is -0.501. The first-order valence-electron chi connectivity index (χ1n) is 7.94. The van der Waals surface area contributed by atoms with Crippen LogP contribution < -0.4 is 10.8 Å². The highest BCUT2D eigenvalue weighted by Crippen LogP contribution is 2.36. The van der Waals surface area contributed by atoms with Gasteiger partial charge in [0, 0.05) is 17.7 Å². The van der Waals surface area contributed by atoms with Crippen LogP contribution in [0.4, 0.5) is 5.69 Å². The Morgan fingerprint density at radius 2 is 1.91 bits per heavy atom. The van der Waals surface area contributed by atoms with Gasteiger partial charge in [-0.15, -0.1) is 0 Å². The number of esters is 1. The lowest BCUT2D eigenvalue weighted by atomic mass is 9.80. The minimum Gasteiger partial charge on any atom is -0.464 e. The third kappa shape index (κ3) is 3.08. The second kappa shape index (κ2) is 5.49.